The lowest BCUT2D eigenvalue weighted by atomic mass is 9.83. The van der Waals surface area contributed by atoms with E-state index in [2.05, 4.69) is 4.90 Å². The fraction of sp³-hybridized carbons (Fsp3) is 0.435. The monoisotopic (exact) mass is 438 g/mol. The second-order valence-electron chi connectivity index (χ2n) is 8.36. The molecule has 0 bridgehead atoms. The second kappa shape index (κ2) is 8.57. The topological polar surface area (TPSA) is 23.6 Å². The predicted molar refractivity (Wildman–Crippen MR) is 105 cm³/mol. The largest absolute Gasteiger partial charge is 0.416 e. The summed E-state index contributed by atoms with van der Waals surface area (Å²) >= 11 is 0. The number of benzene rings is 2. The predicted octanol–water partition coefficient (Wildman–Crippen LogP) is 5.00. The summed E-state index contributed by atoms with van der Waals surface area (Å²) in [5.74, 6) is -1.59. The highest BCUT2D eigenvalue weighted by Gasteiger charge is 2.39. The van der Waals surface area contributed by atoms with Crippen molar-refractivity contribution >= 4 is 5.91 Å². The van der Waals surface area contributed by atoms with Crippen LogP contribution in [0.15, 0.2) is 42.5 Å². The normalized spacial score (nSPS) is 22.5. The number of hydrogen-bond acceptors (Lipinski definition) is 2. The molecule has 3 nitrogen and oxygen atoms in total. The van der Waals surface area contributed by atoms with Gasteiger partial charge in [-0.25, -0.2) is 8.78 Å². The van der Waals surface area contributed by atoms with E-state index in [1.54, 1.807) is 17.0 Å². The van der Waals surface area contributed by atoms with E-state index in [9.17, 15) is 26.7 Å². The van der Waals surface area contributed by atoms with Crippen LogP contribution in [0.3, 0.4) is 0 Å². The molecule has 0 N–H and O–H groups in total. The summed E-state index contributed by atoms with van der Waals surface area (Å²) < 4.78 is 65.7. The van der Waals surface area contributed by atoms with Gasteiger partial charge in [-0.05, 0) is 54.2 Å². The summed E-state index contributed by atoms with van der Waals surface area (Å²) in [6.07, 6.45) is -2.65. The zero-order chi connectivity index (χ0) is 22.2. The van der Waals surface area contributed by atoms with E-state index < -0.39 is 23.4 Å². The first-order valence-corrected chi connectivity index (χ1v) is 10.3. The number of rotatable bonds is 4. The molecule has 2 aliphatic rings. The second-order valence-corrected chi connectivity index (χ2v) is 8.36. The van der Waals surface area contributed by atoms with E-state index in [1.165, 1.54) is 12.1 Å². The van der Waals surface area contributed by atoms with E-state index >= 15 is 0 Å². The van der Waals surface area contributed by atoms with Crippen molar-refractivity contribution in [1.82, 2.24) is 9.80 Å². The molecule has 0 saturated carbocycles. The van der Waals surface area contributed by atoms with Gasteiger partial charge < -0.3 is 4.90 Å². The zero-order valence-electron chi connectivity index (χ0n) is 16.8. The van der Waals surface area contributed by atoms with Crippen molar-refractivity contribution in [2.24, 2.45) is 5.92 Å². The number of halogens is 5. The van der Waals surface area contributed by atoms with Gasteiger partial charge in [-0.2, -0.15) is 13.2 Å². The molecule has 166 valence electrons. The van der Waals surface area contributed by atoms with Crippen molar-refractivity contribution < 1.29 is 26.7 Å². The quantitative estimate of drug-likeness (QED) is 0.628. The standard InChI is InChI=1S/C23H23F5N2O/c24-19-6-4-16(11-20(19)25)12-29-9-8-21-17(14-29)5-7-22(31)30(21)13-15-2-1-3-18(10-15)23(26,27)28/h1-4,6,10-11,17,21H,5,7-9,12-14H2/t17-,21+/m1/s1. The van der Waals surface area contributed by atoms with Gasteiger partial charge in [-0.1, -0.05) is 18.2 Å². The number of hydrogen-bond donors (Lipinski definition) is 0. The van der Waals surface area contributed by atoms with Gasteiger partial charge in [0.05, 0.1) is 5.56 Å². The summed E-state index contributed by atoms with van der Waals surface area (Å²) in [5.41, 5.74) is 0.436. The number of alkyl halides is 3. The molecule has 2 atom stereocenters. The number of fused-ring (bicyclic) bond motifs is 1. The van der Waals surface area contributed by atoms with E-state index in [1.807, 2.05) is 0 Å². The van der Waals surface area contributed by atoms with E-state index in [-0.39, 0.29) is 24.4 Å². The smallest absolute Gasteiger partial charge is 0.335 e. The molecule has 1 amide bonds. The molecule has 2 aliphatic heterocycles. The van der Waals surface area contributed by atoms with Crippen molar-refractivity contribution in [3.8, 4) is 0 Å². The van der Waals surface area contributed by atoms with Crippen LogP contribution in [0, 0.1) is 17.6 Å². The lowest BCUT2D eigenvalue weighted by Crippen LogP contribution is -2.55. The summed E-state index contributed by atoms with van der Waals surface area (Å²) in [6.45, 7) is 2.03. The van der Waals surface area contributed by atoms with Gasteiger partial charge in [0.15, 0.2) is 11.6 Å². The Morgan fingerprint density at radius 3 is 2.45 bits per heavy atom. The Labute approximate surface area is 177 Å². The molecule has 8 heteroatoms. The fourth-order valence-corrected chi connectivity index (χ4v) is 4.71. The highest BCUT2D eigenvalue weighted by atomic mass is 19.4. The first-order chi connectivity index (χ1) is 14.7. The molecule has 0 radical (unpaired) electrons. The van der Waals surface area contributed by atoms with Crippen molar-refractivity contribution in [3.63, 3.8) is 0 Å². The molecule has 0 unspecified atom stereocenters. The summed E-state index contributed by atoms with van der Waals surface area (Å²) in [4.78, 5) is 16.5. The van der Waals surface area contributed by atoms with Crippen LogP contribution < -0.4 is 0 Å². The average Bonchev–Trinajstić information content (AvgIpc) is 2.72. The Balaban J connectivity index is 1.44. The summed E-state index contributed by atoms with van der Waals surface area (Å²) in [7, 11) is 0. The molecular weight excluding hydrogens is 415 g/mol. The molecule has 2 aromatic carbocycles. The molecule has 2 fully saturated rings. The highest BCUT2D eigenvalue weighted by molar-refractivity contribution is 5.77. The fourth-order valence-electron chi connectivity index (χ4n) is 4.71. The Morgan fingerprint density at radius 1 is 0.935 bits per heavy atom. The van der Waals surface area contributed by atoms with Crippen molar-refractivity contribution in [3.05, 3.63) is 70.8 Å². The maximum absolute atomic E-state index is 13.5. The molecule has 31 heavy (non-hydrogen) atoms. The van der Waals surface area contributed by atoms with Crippen LogP contribution in [0.25, 0.3) is 0 Å². The first kappa shape index (κ1) is 21.7. The number of carbonyl (C=O) groups is 1. The van der Waals surface area contributed by atoms with Crippen molar-refractivity contribution in [2.45, 2.75) is 44.6 Å². The van der Waals surface area contributed by atoms with E-state index in [4.69, 9.17) is 0 Å². The van der Waals surface area contributed by atoms with Crippen LogP contribution >= 0.6 is 0 Å². The molecule has 2 aromatic rings. The first-order valence-electron chi connectivity index (χ1n) is 10.3. The number of piperidine rings is 2. The van der Waals surface area contributed by atoms with Crippen LogP contribution in [-0.2, 0) is 24.1 Å². The highest BCUT2D eigenvalue weighted by Crippen LogP contribution is 2.34. The van der Waals surface area contributed by atoms with E-state index in [0.717, 1.165) is 24.6 Å². The number of carbonyl (C=O) groups excluding carboxylic acids is 1. The SMILES string of the molecule is O=C1CC[C@@H]2CN(Cc3ccc(F)c(F)c3)CC[C@@H]2N1Cc1cccc(C(F)(F)F)c1. The van der Waals surface area contributed by atoms with Crippen LogP contribution in [0.5, 0.6) is 0 Å². The van der Waals surface area contributed by atoms with Crippen LogP contribution in [0.2, 0.25) is 0 Å². The Hall–Kier alpha value is -2.48. The molecule has 2 saturated heterocycles. The number of nitrogens with zero attached hydrogens (tertiary/aromatic N) is 2. The number of amides is 1. The molecule has 0 aliphatic carbocycles. The molecule has 0 aromatic heterocycles. The summed E-state index contributed by atoms with van der Waals surface area (Å²) in [6, 6.07) is 8.97. The maximum Gasteiger partial charge on any atom is 0.416 e. The minimum Gasteiger partial charge on any atom is -0.335 e. The van der Waals surface area contributed by atoms with Gasteiger partial charge in [0.25, 0.3) is 0 Å². The minimum atomic E-state index is -4.42. The molecular formula is C23H23F5N2O. The molecule has 2 heterocycles. The van der Waals surface area contributed by atoms with Gasteiger partial charge >= 0.3 is 6.18 Å². The van der Waals surface area contributed by atoms with Gasteiger partial charge in [0.1, 0.15) is 0 Å². The minimum absolute atomic E-state index is 0.0306. The molecule has 0 spiro atoms. The van der Waals surface area contributed by atoms with Crippen LogP contribution in [0.1, 0.15) is 36.0 Å². The molecule has 4 rings (SSSR count). The lowest BCUT2D eigenvalue weighted by molar-refractivity contribution is -0.142. The number of likely N-dealkylation sites (tertiary alicyclic amines) is 2. The van der Waals surface area contributed by atoms with E-state index in [0.29, 0.717) is 43.6 Å². The third-order valence-corrected chi connectivity index (χ3v) is 6.23. The Kier molecular flexibility index (Phi) is 6.01. The average molecular weight is 438 g/mol. The lowest BCUT2D eigenvalue weighted by Gasteiger charge is -2.47. The zero-order valence-corrected chi connectivity index (χ0v) is 16.8. The Morgan fingerprint density at radius 2 is 1.71 bits per heavy atom. The van der Waals surface area contributed by atoms with Crippen molar-refractivity contribution in [2.75, 3.05) is 13.1 Å². The van der Waals surface area contributed by atoms with Crippen molar-refractivity contribution in [1.29, 1.82) is 0 Å². The van der Waals surface area contributed by atoms with Gasteiger partial charge in [0.2, 0.25) is 5.91 Å². The van der Waals surface area contributed by atoms with Crippen LogP contribution in [0.4, 0.5) is 22.0 Å². The third-order valence-electron chi connectivity index (χ3n) is 6.23. The third kappa shape index (κ3) is 4.89. The summed E-state index contributed by atoms with van der Waals surface area (Å²) in [5, 5.41) is 0. The van der Waals surface area contributed by atoms with Gasteiger partial charge in [-0.3, -0.25) is 9.69 Å². The maximum atomic E-state index is 13.5. The van der Waals surface area contributed by atoms with Crippen LogP contribution in [-0.4, -0.2) is 34.8 Å². The van der Waals surface area contributed by atoms with Gasteiger partial charge in [-0.15, -0.1) is 0 Å². The Bertz CT molecular complexity index is 961. The van der Waals surface area contributed by atoms with Gasteiger partial charge in [0, 0.05) is 38.6 Å².